The monoisotopic (exact) mass is 400 g/mol. The fourth-order valence-corrected chi connectivity index (χ4v) is 4.79. The Bertz CT molecular complexity index is 1420. The van der Waals surface area contributed by atoms with E-state index in [1.807, 2.05) is 72.8 Å². The molecule has 0 atom stereocenters. The Morgan fingerprint density at radius 3 is 1.32 bits per heavy atom. The van der Waals surface area contributed by atoms with Crippen LogP contribution >= 0.6 is 0 Å². The molecule has 0 saturated heterocycles. The van der Waals surface area contributed by atoms with Crippen LogP contribution in [0.2, 0.25) is 0 Å². The average Bonchev–Trinajstić information content (AvgIpc) is 2.81. The Morgan fingerprint density at radius 1 is 0.419 bits per heavy atom. The number of carbonyl (C=O) groups excluding carboxylic acids is 2. The van der Waals surface area contributed by atoms with E-state index < -0.39 is 0 Å². The Balaban J connectivity index is 1.85. The molecule has 4 aromatic carbocycles. The molecule has 0 unspecified atom stereocenters. The lowest BCUT2D eigenvalue weighted by atomic mass is 9.72. The number of aromatic hydroxyl groups is 1. The van der Waals surface area contributed by atoms with Gasteiger partial charge in [0, 0.05) is 16.7 Å². The number of phenolic OH excluding ortho intramolecular Hbond substituents is 1. The fraction of sp³-hybridized carbons (Fsp3) is 0. The van der Waals surface area contributed by atoms with Crippen molar-refractivity contribution in [2.24, 2.45) is 0 Å². The maximum Gasteiger partial charge on any atom is 0.197 e. The number of phenols is 1. The molecule has 0 heterocycles. The predicted molar refractivity (Wildman–Crippen MR) is 119 cm³/mol. The molecule has 0 bridgehead atoms. The van der Waals surface area contributed by atoms with Gasteiger partial charge in [0.1, 0.15) is 5.75 Å². The summed E-state index contributed by atoms with van der Waals surface area (Å²) in [7, 11) is 0. The van der Waals surface area contributed by atoms with Crippen molar-refractivity contribution < 1.29 is 14.7 Å². The largest absolute Gasteiger partial charge is 0.507 e. The molecule has 0 aromatic heterocycles. The zero-order valence-corrected chi connectivity index (χ0v) is 16.4. The van der Waals surface area contributed by atoms with Crippen molar-refractivity contribution in [2.75, 3.05) is 0 Å². The van der Waals surface area contributed by atoms with Gasteiger partial charge in [-0.1, -0.05) is 84.9 Å². The molecule has 0 aliphatic heterocycles. The first-order valence-corrected chi connectivity index (χ1v) is 10.1. The number of carbonyl (C=O) groups is 2. The van der Waals surface area contributed by atoms with Gasteiger partial charge in [0.2, 0.25) is 0 Å². The van der Waals surface area contributed by atoms with Gasteiger partial charge in [0.25, 0.3) is 0 Å². The molecular weight excluding hydrogens is 384 g/mol. The van der Waals surface area contributed by atoms with Crippen LogP contribution in [0, 0.1) is 0 Å². The van der Waals surface area contributed by atoms with Crippen molar-refractivity contribution in [1.82, 2.24) is 0 Å². The summed E-state index contributed by atoms with van der Waals surface area (Å²) in [5, 5.41) is 10.6. The quantitative estimate of drug-likeness (QED) is 0.367. The van der Waals surface area contributed by atoms with Crippen LogP contribution in [0.25, 0.3) is 11.1 Å². The number of benzene rings is 4. The molecule has 3 nitrogen and oxygen atoms in total. The Morgan fingerprint density at radius 2 is 0.806 bits per heavy atom. The molecule has 146 valence electrons. The molecule has 0 radical (unpaired) electrons. The van der Waals surface area contributed by atoms with Gasteiger partial charge in [-0.2, -0.15) is 0 Å². The van der Waals surface area contributed by atoms with Crippen molar-refractivity contribution >= 4 is 22.7 Å². The van der Waals surface area contributed by atoms with Crippen molar-refractivity contribution in [2.45, 2.75) is 0 Å². The summed E-state index contributed by atoms with van der Waals surface area (Å²) < 4.78 is 0. The second-order valence-corrected chi connectivity index (χ2v) is 7.74. The SMILES string of the molecule is O=C1c2ccccc2C(=C2c3ccccc3C(=O)c3c(O)cccc32)c2ccccc21. The molecule has 0 spiro atoms. The smallest absolute Gasteiger partial charge is 0.197 e. The highest BCUT2D eigenvalue weighted by molar-refractivity contribution is 6.27. The van der Waals surface area contributed by atoms with E-state index in [2.05, 4.69) is 0 Å². The third-order valence-corrected chi connectivity index (χ3v) is 6.11. The van der Waals surface area contributed by atoms with Crippen LogP contribution in [0.3, 0.4) is 0 Å². The van der Waals surface area contributed by atoms with E-state index in [1.165, 1.54) is 0 Å². The Hall–Kier alpha value is -4.24. The van der Waals surface area contributed by atoms with E-state index in [0.29, 0.717) is 27.8 Å². The van der Waals surface area contributed by atoms with Crippen LogP contribution in [0.1, 0.15) is 54.1 Å². The van der Waals surface area contributed by atoms with Gasteiger partial charge in [0.15, 0.2) is 11.6 Å². The van der Waals surface area contributed by atoms with Gasteiger partial charge in [-0.3, -0.25) is 9.59 Å². The van der Waals surface area contributed by atoms with Crippen molar-refractivity contribution in [3.8, 4) is 5.75 Å². The number of fused-ring (bicyclic) bond motifs is 4. The van der Waals surface area contributed by atoms with E-state index in [0.717, 1.165) is 27.8 Å². The lowest BCUT2D eigenvalue weighted by Gasteiger charge is -2.29. The van der Waals surface area contributed by atoms with Crippen LogP contribution < -0.4 is 0 Å². The minimum absolute atomic E-state index is 0.00754. The van der Waals surface area contributed by atoms with Crippen molar-refractivity contribution in [1.29, 1.82) is 0 Å². The fourth-order valence-electron chi connectivity index (χ4n) is 4.79. The summed E-state index contributed by atoms with van der Waals surface area (Å²) in [6, 6.07) is 27.8. The zero-order chi connectivity index (χ0) is 21.1. The topological polar surface area (TPSA) is 54.4 Å². The third-order valence-electron chi connectivity index (χ3n) is 6.11. The van der Waals surface area contributed by atoms with Crippen molar-refractivity contribution in [3.05, 3.63) is 136 Å². The summed E-state index contributed by atoms with van der Waals surface area (Å²) in [6.45, 7) is 0. The molecule has 2 aliphatic rings. The highest BCUT2D eigenvalue weighted by Crippen LogP contribution is 2.47. The Labute approximate surface area is 178 Å². The minimum Gasteiger partial charge on any atom is -0.507 e. The van der Waals surface area contributed by atoms with Gasteiger partial charge in [0.05, 0.1) is 5.56 Å². The molecule has 2 aliphatic carbocycles. The molecular formula is C28H16O3. The highest BCUT2D eigenvalue weighted by Gasteiger charge is 2.35. The predicted octanol–water partition coefficient (Wildman–Crippen LogP) is 5.49. The molecule has 0 saturated carbocycles. The number of rotatable bonds is 0. The number of ketones is 2. The van der Waals surface area contributed by atoms with Crippen LogP contribution in [0.5, 0.6) is 5.75 Å². The van der Waals surface area contributed by atoms with Crippen LogP contribution in [0.15, 0.2) is 91.0 Å². The van der Waals surface area contributed by atoms with E-state index in [1.54, 1.807) is 18.2 Å². The summed E-state index contributed by atoms with van der Waals surface area (Å²) in [5.74, 6) is -0.239. The standard InChI is InChI=1S/C28H16O3/c29-23-15-7-14-22-25(18-10-3-6-13-21(18)28(31)26(22)23)24-16-8-1-4-11-19(16)27(30)20-12-5-2-9-17(20)24/h1-15,29H. The molecule has 0 amide bonds. The molecule has 6 rings (SSSR count). The molecule has 4 aromatic rings. The Kier molecular flexibility index (Phi) is 3.62. The van der Waals surface area contributed by atoms with Gasteiger partial charge < -0.3 is 5.11 Å². The minimum atomic E-state index is -0.193. The summed E-state index contributed by atoms with van der Waals surface area (Å²) in [6.07, 6.45) is 0. The summed E-state index contributed by atoms with van der Waals surface area (Å²) in [5.41, 5.74) is 7.03. The molecule has 3 heteroatoms. The number of hydrogen-bond acceptors (Lipinski definition) is 3. The lowest BCUT2D eigenvalue weighted by molar-refractivity contribution is 0.102. The third kappa shape index (κ3) is 2.34. The lowest BCUT2D eigenvalue weighted by Crippen LogP contribution is -2.19. The zero-order valence-electron chi connectivity index (χ0n) is 16.4. The second-order valence-electron chi connectivity index (χ2n) is 7.74. The van der Waals surface area contributed by atoms with Gasteiger partial charge in [-0.15, -0.1) is 0 Å². The van der Waals surface area contributed by atoms with Crippen LogP contribution in [0.4, 0.5) is 0 Å². The summed E-state index contributed by atoms with van der Waals surface area (Å²) in [4.78, 5) is 26.5. The van der Waals surface area contributed by atoms with Crippen molar-refractivity contribution in [3.63, 3.8) is 0 Å². The van der Waals surface area contributed by atoms with Gasteiger partial charge >= 0.3 is 0 Å². The molecule has 1 N–H and O–H groups in total. The first-order valence-electron chi connectivity index (χ1n) is 10.1. The van der Waals surface area contributed by atoms with Gasteiger partial charge in [-0.05, 0) is 39.5 Å². The van der Waals surface area contributed by atoms with Crippen LogP contribution in [-0.4, -0.2) is 16.7 Å². The van der Waals surface area contributed by atoms with Gasteiger partial charge in [-0.25, -0.2) is 0 Å². The maximum absolute atomic E-state index is 13.3. The van der Waals surface area contributed by atoms with Crippen LogP contribution in [-0.2, 0) is 0 Å². The molecule has 31 heavy (non-hydrogen) atoms. The second kappa shape index (κ2) is 6.38. The van der Waals surface area contributed by atoms with E-state index in [4.69, 9.17) is 0 Å². The van der Waals surface area contributed by atoms with E-state index in [-0.39, 0.29) is 17.3 Å². The highest BCUT2D eigenvalue weighted by atomic mass is 16.3. The first kappa shape index (κ1) is 17.6. The normalized spacial score (nSPS) is 13.9. The molecule has 0 fully saturated rings. The first-order chi connectivity index (χ1) is 15.2. The maximum atomic E-state index is 13.3. The number of hydrogen-bond donors (Lipinski definition) is 1. The summed E-state index contributed by atoms with van der Waals surface area (Å²) >= 11 is 0. The van der Waals surface area contributed by atoms with E-state index >= 15 is 0 Å². The van der Waals surface area contributed by atoms with E-state index in [9.17, 15) is 14.7 Å². The average molecular weight is 400 g/mol.